The Morgan fingerprint density at radius 1 is 1.42 bits per heavy atom. The average Bonchev–Trinajstić information content (AvgIpc) is 2.69. The quantitative estimate of drug-likeness (QED) is 0.886. The van der Waals surface area contributed by atoms with E-state index in [0.717, 1.165) is 0 Å². The van der Waals surface area contributed by atoms with E-state index in [0.29, 0.717) is 12.2 Å². The van der Waals surface area contributed by atoms with Crippen molar-refractivity contribution in [2.24, 2.45) is 0 Å². The molecule has 1 N–H and O–H groups in total. The molecule has 1 aromatic carbocycles. The van der Waals surface area contributed by atoms with Gasteiger partial charge in [-0.15, -0.1) is 0 Å². The number of hydrogen-bond acceptors (Lipinski definition) is 5. The van der Waals surface area contributed by atoms with Crippen LogP contribution in [0.5, 0.6) is 11.5 Å². The Bertz CT molecular complexity index is 592. The van der Waals surface area contributed by atoms with Crippen molar-refractivity contribution >= 4 is 15.8 Å². The second-order valence-electron chi connectivity index (χ2n) is 4.31. The maximum atomic E-state index is 11.3. The molecule has 0 aliphatic carbocycles. The second kappa shape index (κ2) is 5.08. The monoisotopic (exact) mass is 286 g/mol. The Labute approximate surface area is 110 Å². The van der Waals surface area contributed by atoms with Gasteiger partial charge in [0.25, 0.3) is 0 Å². The van der Waals surface area contributed by atoms with E-state index < -0.39 is 21.9 Å². The minimum Gasteiger partial charge on any atom is -0.497 e. The molecule has 1 aliphatic heterocycles. The SMILES string of the molecule is COc1ccc(OC2CCS(=O)(=O)C2)c(C(=O)O)c1. The van der Waals surface area contributed by atoms with Crippen molar-refractivity contribution < 1.29 is 27.8 Å². The van der Waals surface area contributed by atoms with Gasteiger partial charge in [-0.3, -0.25) is 0 Å². The summed E-state index contributed by atoms with van der Waals surface area (Å²) in [4.78, 5) is 11.1. The van der Waals surface area contributed by atoms with Gasteiger partial charge in [-0.25, -0.2) is 13.2 Å². The fraction of sp³-hybridized carbons (Fsp3) is 0.417. The van der Waals surface area contributed by atoms with E-state index in [2.05, 4.69) is 0 Å². The third-order valence-electron chi connectivity index (χ3n) is 2.90. The first-order chi connectivity index (χ1) is 8.91. The molecule has 0 spiro atoms. The molecule has 0 radical (unpaired) electrons. The van der Waals surface area contributed by atoms with Crippen molar-refractivity contribution in [3.63, 3.8) is 0 Å². The second-order valence-corrected chi connectivity index (χ2v) is 6.54. The number of hydrogen-bond donors (Lipinski definition) is 1. The summed E-state index contributed by atoms with van der Waals surface area (Å²) in [5.74, 6) is -0.567. The van der Waals surface area contributed by atoms with Gasteiger partial charge in [-0.1, -0.05) is 0 Å². The van der Waals surface area contributed by atoms with Crippen molar-refractivity contribution in [1.82, 2.24) is 0 Å². The van der Waals surface area contributed by atoms with Gasteiger partial charge in [0.1, 0.15) is 23.2 Å². The summed E-state index contributed by atoms with van der Waals surface area (Å²) in [6, 6.07) is 4.40. The Balaban J connectivity index is 2.23. The number of methoxy groups -OCH3 is 1. The number of carbonyl (C=O) groups is 1. The van der Waals surface area contributed by atoms with Crippen LogP contribution in [0.1, 0.15) is 16.8 Å². The molecule has 1 aliphatic rings. The zero-order valence-corrected chi connectivity index (χ0v) is 11.1. The van der Waals surface area contributed by atoms with E-state index in [-0.39, 0.29) is 22.8 Å². The molecule has 104 valence electrons. The molecule has 1 aromatic rings. The van der Waals surface area contributed by atoms with Gasteiger partial charge < -0.3 is 14.6 Å². The highest BCUT2D eigenvalue weighted by Gasteiger charge is 2.30. The highest BCUT2D eigenvalue weighted by atomic mass is 32.2. The molecule has 19 heavy (non-hydrogen) atoms. The summed E-state index contributed by atoms with van der Waals surface area (Å²) in [5.41, 5.74) is -0.0383. The normalized spacial score (nSPS) is 21.0. The molecule has 0 saturated carbocycles. The van der Waals surface area contributed by atoms with E-state index in [1.807, 2.05) is 0 Å². The van der Waals surface area contributed by atoms with E-state index in [4.69, 9.17) is 14.6 Å². The van der Waals surface area contributed by atoms with Crippen LogP contribution in [0.3, 0.4) is 0 Å². The standard InChI is InChI=1S/C12H14O6S/c1-17-8-2-3-11(10(6-8)12(13)14)18-9-4-5-19(15,16)7-9/h2-3,6,9H,4-5,7H2,1H3,(H,13,14). The molecular formula is C12H14O6S. The smallest absolute Gasteiger partial charge is 0.339 e. The van der Waals surface area contributed by atoms with Gasteiger partial charge >= 0.3 is 5.97 Å². The number of carboxylic acids is 1. The van der Waals surface area contributed by atoms with Crippen LogP contribution >= 0.6 is 0 Å². The zero-order valence-electron chi connectivity index (χ0n) is 10.3. The van der Waals surface area contributed by atoms with E-state index in [9.17, 15) is 13.2 Å². The number of carboxylic acid groups (broad SMARTS) is 1. The molecule has 1 saturated heterocycles. The predicted octanol–water partition coefficient (Wildman–Crippen LogP) is 0.959. The van der Waals surface area contributed by atoms with Gasteiger partial charge in [0.15, 0.2) is 9.84 Å². The van der Waals surface area contributed by atoms with Crippen molar-refractivity contribution in [1.29, 1.82) is 0 Å². The van der Waals surface area contributed by atoms with Crippen molar-refractivity contribution in [3.05, 3.63) is 23.8 Å². The number of sulfone groups is 1. The first kappa shape index (κ1) is 13.7. The predicted molar refractivity (Wildman–Crippen MR) is 67.6 cm³/mol. The molecule has 1 unspecified atom stereocenters. The Morgan fingerprint density at radius 2 is 2.16 bits per heavy atom. The highest BCUT2D eigenvalue weighted by Crippen LogP contribution is 2.27. The highest BCUT2D eigenvalue weighted by molar-refractivity contribution is 7.91. The minimum atomic E-state index is -3.06. The molecule has 1 fully saturated rings. The third-order valence-corrected chi connectivity index (χ3v) is 4.64. The van der Waals surface area contributed by atoms with Crippen molar-refractivity contribution in [2.75, 3.05) is 18.6 Å². The van der Waals surface area contributed by atoms with Gasteiger partial charge in [-0.2, -0.15) is 0 Å². The van der Waals surface area contributed by atoms with Gasteiger partial charge in [0.2, 0.25) is 0 Å². The summed E-state index contributed by atoms with van der Waals surface area (Å²) in [5, 5.41) is 9.11. The lowest BCUT2D eigenvalue weighted by Gasteiger charge is -2.14. The topological polar surface area (TPSA) is 89.9 Å². The molecular weight excluding hydrogens is 272 g/mol. The van der Waals surface area contributed by atoms with Gasteiger partial charge in [0.05, 0.1) is 18.6 Å². The summed E-state index contributed by atoms with van der Waals surface area (Å²) in [7, 11) is -1.62. The van der Waals surface area contributed by atoms with Crippen LogP contribution in [0.25, 0.3) is 0 Å². The molecule has 0 aromatic heterocycles. The van der Waals surface area contributed by atoms with Gasteiger partial charge in [0, 0.05) is 0 Å². The van der Waals surface area contributed by atoms with Crippen LogP contribution in [0.4, 0.5) is 0 Å². The summed E-state index contributed by atoms with van der Waals surface area (Å²) >= 11 is 0. The van der Waals surface area contributed by atoms with Crippen molar-refractivity contribution in [3.8, 4) is 11.5 Å². The number of aromatic carboxylic acids is 1. The molecule has 1 atom stereocenters. The summed E-state index contributed by atoms with van der Waals surface area (Å²) < 4.78 is 33.1. The van der Waals surface area contributed by atoms with Crippen LogP contribution < -0.4 is 9.47 Å². The maximum absolute atomic E-state index is 11.3. The number of rotatable bonds is 4. The minimum absolute atomic E-state index is 0.0383. The summed E-state index contributed by atoms with van der Waals surface area (Å²) in [6.45, 7) is 0. The fourth-order valence-electron chi connectivity index (χ4n) is 1.94. The maximum Gasteiger partial charge on any atom is 0.339 e. The van der Waals surface area contributed by atoms with Gasteiger partial charge in [-0.05, 0) is 24.6 Å². The lowest BCUT2D eigenvalue weighted by atomic mass is 10.2. The first-order valence-electron chi connectivity index (χ1n) is 5.70. The first-order valence-corrected chi connectivity index (χ1v) is 7.52. The largest absolute Gasteiger partial charge is 0.497 e. The van der Waals surface area contributed by atoms with Crippen LogP contribution in [-0.2, 0) is 9.84 Å². The van der Waals surface area contributed by atoms with E-state index >= 15 is 0 Å². The van der Waals surface area contributed by atoms with E-state index in [1.165, 1.54) is 19.2 Å². The molecule has 7 heteroatoms. The molecule has 1 heterocycles. The number of benzene rings is 1. The Kier molecular flexibility index (Phi) is 3.66. The molecule has 6 nitrogen and oxygen atoms in total. The lowest BCUT2D eigenvalue weighted by molar-refractivity contribution is 0.0689. The molecule has 2 rings (SSSR count). The molecule has 0 bridgehead atoms. The lowest BCUT2D eigenvalue weighted by Crippen LogP contribution is -2.19. The van der Waals surface area contributed by atoms with Crippen LogP contribution in [-0.4, -0.2) is 44.2 Å². The van der Waals surface area contributed by atoms with E-state index in [1.54, 1.807) is 6.07 Å². The third kappa shape index (κ3) is 3.17. The Morgan fingerprint density at radius 3 is 2.68 bits per heavy atom. The van der Waals surface area contributed by atoms with Crippen LogP contribution in [0, 0.1) is 0 Å². The fourth-order valence-corrected chi connectivity index (χ4v) is 3.53. The number of ether oxygens (including phenoxy) is 2. The van der Waals surface area contributed by atoms with Crippen LogP contribution in [0.15, 0.2) is 18.2 Å². The molecule has 0 amide bonds. The van der Waals surface area contributed by atoms with Crippen LogP contribution in [0.2, 0.25) is 0 Å². The summed E-state index contributed by atoms with van der Waals surface area (Å²) in [6.07, 6.45) is -0.107. The average molecular weight is 286 g/mol. The zero-order chi connectivity index (χ0) is 14.0. The van der Waals surface area contributed by atoms with Crippen molar-refractivity contribution in [2.45, 2.75) is 12.5 Å². The Hall–Kier alpha value is -1.76.